The number of esters is 3. The average Bonchev–Trinajstić information content (AvgIpc) is 3.21. The predicted octanol–water partition coefficient (Wildman–Crippen LogP) is 3.08. The maximum atomic E-state index is 13.4. The predicted molar refractivity (Wildman–Crippen MR) is 123 cm³/mol. The van der Waals surface area contributed by atoms with Gasteiger partial charge in [-0.2, -0.15) is 0 Å². The molecule has 5 rings (SSSR count). The standard InChI is InChI=1S/C27H34O8/c1-14-16-7-9-25(4)22(15-8-10-33-23(15)31)34-21(30)13-27(14,25)35-19-12-18(28)24(2,3)17(26(16,19)5)11-20(29)32-6/h8,16-17,19,22H,1,7,9-13H2,2-6H3/t16-,17-,19-,22-,25-,26+,27-/m0/s1. The van der Waals surface area contributed by atoms with Crippen molar-refractivity contribution in [2.45, 2.75) is 77.6 Å². The van der Waals surface area contributed by atoms with Crippen LogP contribution in [0, 0.1) is 28.1 Å². The van der Waals surface area contributed by atoms with Crippen LogP contribution in [0.4, 0.5) is 0 Å². The third-order valence-electron chi connectivity index (χ3n) is 10.2. The first-order chi connectivity index (χ1) is 16.3. The van der Waals surface area contributed by atoms with Crippen LogP contribution in [-0.2, 0) is 38.1 Å². The SMILES string of the molecule is C=C1[C@@H]2CC[C@@]3(C)[C@H](C4=CCOC4=O)OC(=O)C[C@]13O[C@H]1CC(=O)C(C)(C)[C@H](CC(=O)OC)[C@]12C. The number of carbonyl (C=O) groups excluding carboxylic acids is 4. The Morgan fingerprint density at radius 3 is 2.54 bits per heavy atom. The summed E-state index contributed by atoms with van der Waals surface area (Å²) in [5.74, 6) is -1.69. The minimum Gasteiger partial charge on any atom is -0.469 e. The maximum absolute atomic E-state index is 13.4. The molecule has 1 spiro atoms. The van der Waals surface area contributed by atoms with Crippen molar-refractivity contribution >= 4 is 23.7 Å². The Labute approximate surface area is 205 Å². The summed E-state index contributed by atoms with van der Waals surface area (Å²) in [5, 5.41) is 0. The monoisotopic (exact) mass is 486 g/mol. The summed E-state index contributed by atoms with van der Waals surface area (Å²) in [4.78, 5) is 51.3. The van der Waals surface area contributed by atoms with Gasteiger partial charge in [0.15, 0.2) is 0 Å². The van der Waals surface area contributed by atoms with Gasteiger partial charge >= 0.3 is 17.9 Å². The van der Waals surface area contributed by atoms with Crippen molar-refractivity contribution in [3.8, 4) is 0 Å². The Hall–Kier alpha value is -2.48. The number of rotatable bonds is 3. The number of Topliss-reactive ketones (excluding diaryl/α,β-unsaturated/α-hetero) is 1. The lowest BCUT2D eigenvalue weighted by Gasteiger charge is -2.70. The molecule has 190 valence electrons. The molecule has 0 aromatic heterocycles. The van der Waals surface area contributed by atoms with Crippen molar-refractivity contribution in [3.63, 3.8) is 0 Å². The van der Waals surface area contributed by atoms with Gasteiger partial charge in [-0.05, 0) is 36.3 Å². The Morgan fingerprint density at radius 2 is 1.91 bits per heavy atom. The molecule has 8 nitrogen and oxygen atoms in total. The zero-order valence-electron chi connectivity index (χ0n) is 21.1. The first-order valence-corrected chi connectivity index (χ1v) is 12.4. The van der Waals surface area contributed by atoms with Crippen LogP contribution >= 0.6 is 0 Å². The van der Waals surface area contributed by atoms with Crippen LogP contribution in [0.25, 0.3) is 0 Å². The van der Waals surface area contributed by atoms with Crippen molar-refractivity contribution < 1.29 is 38.1 Å². The molecule has 7 atom stereocenters. The molecule has 3 heterocycles. The first kappa shape index (κ1) is 24.2. The molecule has 0 radical (unpaired) electrons. The highest BCUT2D eigenvalue weighted by Crippen LogP contribution is 2.70. The summed E-state index contributed by atoms with van der Waals surface area (Å²) in [6, 6.07) is 0. The number of hydrogen-bond donors (Lipinski definition) is 0. The molecule has 35 heavy (non-hydrogen) atoms. The van der Waals surface area contributed by atoms with Crippen molar-refractivity contribution in [2.75, 3.05) is 13.7 Å². The van der Waals surface area contributed by atoms with Crippen molar-refractivity contribution in [1.29, 1.82) is 0 Å². The zero-order chi connectivity index (χ0) is 25.6. The summed E-state index contributed by atoms with van der Waals surface area (Å²) < 4.78 is 22.9. The average molecular weight is 487 g/mol. The van der Waals surface area contributed by atoms with E-state index in [-0.39, 0.29) is 49.5 Å². The minimum atomic E-state index is -1.08. The highest BCUT2D eigenvalue weighted by molar-refractivity contribution is 5.93. The van der Waals surface area contributed by atoms with Crippen molar-refractivity contribution in [3.05, 3.63) is 23.8 Å². The van der Waals surface area contributed by atoms with Gasteiger partial charge < -0.3 is 18.9 Å². The van der Waals surface area contributed by atoms with E-state index >= 15 is 0 Å². The van der Waals surface area contributed by atoms with E-state index in [1.165, 1.54) is 7.11 Å². The van der Waals surface area contributed by atoms with E-state index in [9.17, 15) is 19.2 Å². The van der Waals surface area contributed by atoms with Gasteiger partial charge in [-0.15, -0.1) is 0 Å². The number of carbonyl (C=O) groups is 4. The van der Waals surface area contributed by atoms with E-state index < -0.39 is 46.0 Å². The van der Waals surface area contributed by atoms with Crippen LogP contribution in [0.1, 0.15) is 59.8 Å². The van der Waals surface area contributed by atoms with E-state index in [1.54, 1.807) is 6.08 Å². The van der Waals surface area contributed by atoms with Crippen LogP contribution in [0.3, 0.4) is 0 Å². The largest absolute Gasteiger partial charge is 0.469 e. The minimum absolute atomic E-state index is 0.0228. The Kier molecular flexibility index (Phi) is 5.20. The third-order valence-corrected chi connectivity index (χ3v) is 10.2. The van der Waals surface area contributed by atoms with Gasteiger partial charge in [0.05, 0.1) is 25.2 Å². The van der Waals surface area contributed by atoms with Crippen LogP contribution in [0.15, 0.2) is 23.8 Å². The van der Waals surface area contributed by atoms with Crippen LogP contribution in [0.5, 0.6) is 0 Å². The number of methoxy groups -OCH3 is 1. The molecule has 0 unspecified atom stereocenters. The van der Waals surface area contributed by atoms with Crippen LogP contribution < -0.4 is 0 Å². The quantitative estimate of drug-likeness (QED) is 0.341. The normalized spacial score (nSPS) is 44.0. The van der Waals surface area contributed by atoms with E-state index in [4.69, 9.17) is 18.9 Å². The van der Waals surface area contributed by atoms with Gasteiger partial charge in [0.25, 0.3) is 0 Å². The van der Waals surface area contributed by atoms with Gasteiger partial charge in [0, 0.05) is 29.1 Å². The molecule has 8 heteroatoms. The van der Waals surface area contributed by atoms with Crippen LogP contribution in [0.2, 0.25) is 0 Å². The maximum Gasteiger partial charge on any atom is 0.337 e. The summed E-state index contributed by atoms with van der Waals surface area (Å²) >= 11 is 0. The summed E-state index contributed by atoms with van der Waals surface area (Å²) in [7, 11) is 1.35. The number of fused-ring (bicyclic) bond motifs is 3. The fraction of sp³-hybridized carbons (Fsp3) is 0.704. The van der Waals surface area contributed by atoms with E-state index in [2.05, 4.69) is 13.5 Å². The smallest absolute Gasteiger partial charge is 0.337 e. The highest BCUT2D eigenvalue weighted by atomic mass is 16.6. The Morgan fingerprint density at radius 1 is 1.20 bits per heavy atom. The Bertz CT molecular complexity index is 1070. The van der Waals surface area contributed by atoms with Gasteiger partial charge in [0.1, 0.15) is 24.1 Å². The van der Waals surface area contributed by atoms with E-state index in [0.29, 0.717) is 18.4 Å². The topological polar surface area (TPSA) is 105 Å². The molecular weight excluding hydrogens is 452 g/mol. The fourth-order valence-electron chi connectivity index (χ4n) is 8.02. The molecule has 3 aliphatic heterocycles. The molecule has 2 aliphatic carbocycles. The number of cyclic esters (lactones) is 2. The van der Waals surface area contributed by atoms with Crippen molar-refractivity contribution in [2.24, 2.45) is 28.1 Å². The molecular formula is C27H34O8. The number of hydrogen-bond acceptors (Lipinski definition) is 8. The molecule has 0 aromatic carbocycles. The molecule has 2 saturated carbocycles. The molecule has 5 aliphatic rings. The first-order valence-electron chi connectivity index (χ1n) is 12.4. The zero-order valence-corrected chi connectivity index (χ0v) is 21.1. The van der Waals surface area contributed by atoms with E-state index in [0.717, 1.165) is 5.57 Å². The molecule has 4 fully saturated rings. The fourth-order valence-corrected chi connectivity index (χ4v) is 8.02. The van der Waals surface area contributed by atoms with Gasteiger partial charge in [-0.3, -0.25) is 14.4 Å². The second-order valence-corrected chi connectivity index (χ2v) is 11.8. The second-order valence-electron chi connectivity index (χ2n) is 11.8. The molecule has 0 N–H and O–H groups in total. The van der Waals surface area contributed by atoms with Crippen LogP contribution in [-0.4, -0.2) is 55.2 Å². The molecule has 2 bridgehead atoms. The lowest BCUT2D eigenvalue weighted by Crippen LogP contribution is -2.74. The summed E-state index contributed by atoms with van der Waals surface area (Å²) in [5.41, 5.74) is -2.01. The van der Waals surface area contributed by atoms with Gasteiger partial charge in [-0.1, -0.05) is 34.3 Å². The number of ether oxygens (including phenoxy) is 4. The molecule has 0 aromatic rings. The van der Waals surface area contributed by atoms with Gasteiger partial charge in [0.2, 0.25) is 0 Å². The van der Waals surface area contributed by atoms with E-state index in [1.807, 2.05) is 20.8 Å². The Balaban J connectivity index is 1.62. The van der Waals surface area contributed by atoms with Gasteiger partial charge in [-0.25, -0.2) is 4.79 Å². The second kappa shape index (κ2) is 7.51. The third kappa shape index (κ3) is 2.95. The summed E-state index contributed by atoms with van der Waals surface area (Å²) in [6.45, 7) is 12.5. The summed E-state index contributed by atoms with van der Waals surface area (Å²) in [6.07, 6.45) is 1.95. The highest BCUT2D eigenvalue weighted by Gasteiger charge is 2.74. The number of ketones is 1. The van der Waals surface area contributed by atoms with Crippen molar-refractivity contribution in [1.82, 2.24) is 0 Å². The molecule has 2 saturated heterocycles. The lowest BCUT2D eigenvalue weighted by molar-refractivity contribution is -0.293. The lowest BCUT2D eigenvalue weighted by atomic mass is 9.41. The molecule has 0 amide bonds.